The van der Waals surface area contributed by atoms with Crippen LogP contribution in [-0.4, -0.2) is 44.8 Å². The summed E-state index contributed by atoms with van der Waals surface area (Å²) < 4.78 is 5.91. The van der Waals surface area contributed by atoms with Crippen LogP contribution in [0.5, 0.6) is 5.88 Å². The molecule has 0 bridgehead atoms. The van der Waals surface area contributed by atoms with Crippen LogP contribution in [0.2, 0.25) is 0 Å². The van der Waals surface area contributed by atoms with E-state index >= 15 is 0 Å². The Balaban J connectivity index is 1.41. The topological polar surface area (TPSA) is 76.9 Å². The molecule has 0 spiro atoms. The Morgan fingerprint density at radius 2 is 2.00 bits per heavy atom. The highest BCUT2D eigenvalue weighted by Gasteiger charge is 2.26. The standard InChI is InChI=1S/C21H26N6O/c1-14-23-17-11-22-9-7-16(17)20(24-14)27-10-8-15(12-27)13-28-19-6-5-18(25-26-19)21(2,3)4/h5-7,9,11,15H,8,10,12-13H2,1-4H3. The molecule has 1 aliphatic heterocycles. The van der Waals surface area contributed by atoms with E-state index in [-0.39, 0.29) is 5.41 Å². The lowest BCUT2D eigenvalue weighted by Gasteiger charge is -2.20. The molecule has 0 aromatic carbocycles. The van der Waals surface area contributed by atoms with Crippen molar-refractivity contribution in [1.82, 2.24) is 25.1 Å². The lowest BCUT2D eigenvalue weighted by molar-refractivity contribution is 0.249. The van der Waals surface area contributed by atoms with E-state index in [1.165, 1.54) is 0 Å². The molecule has 1 aliphatic rings. The van der Waals surface area contributed by atoms with E-state index in [2.05, 4.69) is 45.8 Å². The predicted octanol–water partition coefficient (Wildman–Crippen LogP) is 3.33. The summed E-state index contributed by atoms with van der Waals surface area (Å²) in [6, 6.07) is 5.89. The second-order valence-corrected chi connectivity index (χ2v) is 8.41. The van der Waals surface area contributed by atoms with E-state index in [9.17, 15) is 0 Å². The van der Waals surface area contributed by atoms with Gasteiger partial charge in [-0.3, -0.25) is 4.98 Å². The van der Waals surface area contributed by atoms with Gasteiger partial charge in [-0.05, 0) is 25.5 Å². The van der Waals surface area contributed by atoms with Crippen molar-refractivity contribution in [2.75, 3.05) is 24.6 Å². The molecule has 1 atom stereocenters. The van der Waals surface area contributed by atoms with Gasteiger partial charge in [0.15, 0.2) is 0 Å². The van der Waals surface area contributed by atoms with Crippen LogP contribution < -0.4 is 9.64 Å². The van der Waals surface area contributed by atoms with Crippen LogP contribution in [0.15, 0.2) is 30.6 Å². The molecule has 0 N–H and O–H groups in total. The Morgan fingerprint density at radius 3 is 2.75 bits per heavy atom. The van der Waals surface area contributed by atoms with Crippen LogP contribution in [-0.2, 0) is 5.41 Å². The zero-order valence-electron chi connectivity index (χ0n) is 16.9. The van der Waals surface area contributed by atoms with Gasteiger partial charge in [0.05, 0.1) is 24.0 Å². The molecule has 7 heteroatoms. The Morgan fingerprint density at radius 1 is 1.14 bits per heavy atom. The zero-order chi connectivity index (χ0) is 19.7. The van der Waals surface area contributed by atoms with Gasteiger partial charge in [-0.25, -0.2) is 9.97 Å². The molecule has 7 nitrogen and oxygen atoms in total. The number of hydrogen-bond acceptors (Lipinski definition) is 7. The Kier molecular flexibility index (Phi) is 4.83. The van der Waals surface area contributed by atoms with Gasteiger partial charge in [-0.15, -0.1) is 5.10 Å². The number of hydrogen-bond donors (Lipinski definition) is 0. The Labute approximate surface area is 165 Å². The summed E-state index contributed by atoms with van der Waals surface area (Å²) in [6.07, 6.45) is 4.65. The first-order valence-electron chi connectivity index (χ1n) is 9.70. The molecule has 1 saturated heterocycles. The van der Waals surface area contributed by atoms with Crippen LogP contribution >= 0.6 is 0 Å². The average molecular weight is 378 g/mol. The predicted molar refractivity (Wildman–Crippen MR) is 109 cm³/mol. The minimum absolute atomic E-state index is 0.00848. The minimum atomic E-state index is -0.00848. The van der Waals surface area contributed by atoms with Crippen molar-refractivity contribution in [1.29, 1.82) is 0 Å². The van der Waals surface area contributed by atoms with Gasteiger partial charge >= 0.3 is 0 Å². The van der Waals surface area contributed by atoms with Crippen molar-refractivity contribution >= 4 is 16.7 Å². The molecule has 0 aliphatic carbocycles. The van der Waals surface area contributed by atoms with Gasteiger partial charge in [0.1, 0.15) is 11.6 Å². The summed E-state index contributed by atoms with van der Waals surface area (Å²) in [5.74, 6) is 2.77. The van der Waals surface area contributed by atoms with Crippen LogP contribution in [0.25, 0.3) is 10.9 Å². The summed E-state index contributed by atoms with van der Waals surface area (Å²) in [5.41, 5.74) is 1.84. The van der Waals surface area contributed by atoms with Crippen molar-refractivity contribution in [2.45, 2.75) is 39.5 Å². The highest BCUT2D eigenvalue weighted by Crippen LogP contribution is 2.28. The van der Waals surface area contributed by atoms with Gasteiger partial charge in [0.2, 0.25) is 5.88 Å². The molecule has 4 rings (SSSR count). The molecule has 28 heavy (non-hydrogen) atoms. The van der Waals surface area contributed by atoms with Gasteiger partial charge in [-0.1, -0.05) is 20.8 Å². The molecule has 0 amide bonds. The first-order chi connectivity index (χ1) is 13.4. The SMILES string of the molecule is Cc1nc(N2CCC(COc3ccc(C(C)(C)C)nn3)C2)c2ccncc2n1. The molecule has 1 fully saturated rings. The van der Waals surface area contributed by atoms with Crippen molar-refractivity contribution in [3.8, 4) is 5.88 Å². The normalized spacial score (nSPS) is 17.3. The number of ether oxygens (including phenoxy) is 1. The zero-order valence-corrected chi connectivity index (χ0v) is 16.9. The monoisotopic (exact) mass is 378 g/mol. The van der Waals surface area contributed by atoms with Crippen molar-refractivity contribution < 1.29 is 4.74 Å². The maximum absolute atomic E-state index is 5.91. The maximum Gasteiger partial charge on any atom is 0.233 e. The van der Waals surface area contributed by atoms with E-state index < -0.39 is 0 Å². The summed E-state index contributed by atoms with van der Waals surface area (Å²) in [6.45, 7) is 10.8. The van der Waals surface area contributed by atoms with Gasteiger partial charge < -0.3 is 9.64 Å². The molecule has 3 aromatic heterocycles. The lowest BCUT2D eigenvalue weighted by atomic mass is 9.92. The number of aromatic nitrogens is 5. The molecular formula is C21H26N6O. The molecule has 3 aromatic rings. The van der Waals surface area contributed by atoms with Crippen LogP contribution in [0.3, 0.4) is 0 Å². The van der Waals surface area contributed by atoms with Crippen LogP contribution in [0.1, 0.15) is 38.7 Å². The highest BCUT2D eigenvalue weighted by molar-refractivity contribution is 5.88. The molecule has 1 unspecified atom stereocenters. The lowest BCUT2D eigenvalue weighted by Crippen LogP contribution is -2.23. The number of aryl methyl sites for hydroxylation is 1. The van der Waals surface area contributed by atoms with Crippen molar-refractivity contribution in [2.24, 2.45) is 5.92 Å². The smallest absolute Gasteiger partial charge is 0.233 e. The molecular weight excluding hydrogens is 352 g/mol. The second-order valence-electron chi connectivity index (χ2n) is 8.41. The van der Waals surface area contributed by atoms with Crippen LogP contribution in [0, 0.1) is 12.8 Å². The van der Waals surface area contributed by atoms with Crippen molar-refractivity contribution in [3.63, 3.8) is 0 Å². The van der Waals surface area contributed by atoms with E-state index in [0.29, 0.717) is 18.4 Å². The number of anilines is 1. The third-order valence-corrected chi connectivity index (χ3v) is 5.05. The minimum Gasteiger partial charge on any atom is -0.476 e. The largest absolute Gasteiger partial charge is 0.476 e. The second kappa shape index (κ2) is 7.30. The maximum atomic E-state index is 5.91. The fourth-order valence-electron chi connectivity index (χ4n) is 3.48. The van der Waals surface area contributed by atoms with Crippen molar-refractivity contribution in [3.05, 3.63) is 42.1 Å². The van der Waals surface area contributed by atoms with E-state index in [0.717, 1.165) is 47.7 Å². The van der Waals surface area contributed by atoms with Gasteiger partial charge in [0.25, 0.3) is 0 Å². The van der Waals surface area contributed by atoms with E-state index in [1.54, 1.807) is 12.4 Å². The van der Waals surface area contributed by atoms with Crippen LogP contribution in [0.4, 0.5) is 5.82 Å². The fraction of sp³-hybridized carbons (Fsp3) is 0.476. The number of fused-ring (bicyclic) bond motifs is 1. The summed E-state index contributed by atoms with van der Waals surface area (Å²) in [7, 11) is 0. The quantitative estimate of drug-likeness (QED) is 0.689. The van der Waals surface area contributed by atoms with Gasteiger partial charge in [0, 0.05) is 42.1 Å². The fourth-order valence-corrected chi connectivity index (χ4v) is 3.48. The van der Waals surface area contributed by atoms with E-state index in [4.69, 9.17) is 9.72 Å². The third kappa shape index (κ3) is 3.88. The molecule has 146 valence electrons. The number of rotatable bonds is 4. The number of pyridine rings is 1. The molecule has 0 saturated carbocycles. The molecule has 4 heterocycles. The Bertz CT molecular complexity index is 967. The number of nitrogens with zero attached hydrogens (tertiary/aromatic N) is 6. The summed E-state index contributed by atoms with van der Waals surface area (Å²) in [4.78, 5) is 15.7. The van der Waals surface area contributed by atoms with E-state index in [1.807, 2.05) is 25.1 Å². The molecule has 0 radical (unpaired) electrons. The third-order valence-electron chi connectivity index (χ3n) is 5.05. The first kappa shape index (κ1) is 18.5. The first-order valence-corrected chi connectivity index (χ1v) is 9.70. The Hall–Kier alpha value is -2.83. The van der Waals surface area contributed by atoms with Gasteiger partial charge in [-0.2, -0.15) is 5.10 Å². The highest BCUT2D eigenvalue weighted by atomic mass is 16.5. The summed E-state index contributed by atoms with van der Waals surface area (Å²) >= 11 is 0. The average Bonchev–Trinajstić information content (AvgIpc) is 3.14. The summed E-state index contributed by atoms with van der Waals surface area (Å²) in [5, 5.41) is 9.56.